The van der Waals surface area contributed by atoms with Crippen LogP contribution in [0.1, 0.15) is 40.1 Å². The average Bonchev–Trinajstić information content (AvgIpc) is 3.06. The second-order valence-electron chi connectivity index (χ2n) is 11.0. The number of hydrogen-bond donors (Lipinski definition) is 3. The molecule has 3 N–H and O–H groups in total. The van der Waals surface area contributed by atoms with E-state index in [2.05, 4.69) is 10.6 Å². The van der Waals surface area contributed by atoms with E-state index in [4.69, 9.17) is 21.1 Å². The summed E-state index contributed by atoms with van der Waals surface area (Å²) in [6.45, 7) is 3.92. The van der Waals surface area contributed by atoms with Gasteiger partial charge in [-0.1, -0.05) is 72.3 Å². The number of ether oxygens (including phenoxy) is 2. The van der Waals surface area contributed by atoms with Crippen molar-refractivity contribution in [2.75, 3.05) is 5.32 Å². The van der Waals surface area contributed by atoms with Crippen LogP contribution in [0.25, 0.3) is 11.1 Å². The lowest BCUT2D eigenvalue weighted by Gasteiger charge is -2.18. The van der Waals surface area contributed by atoms with Crippen molar-refractivity contribution in [1.82, 2.24) is 5.32 Å². The summed E-state index contributed by atoms with van der Waals surface area (Å²) in [5, 5.41) is 15.6. The number of rotatable bonds is 12. The molecular weight excluding hydrogens is 616 g/mol. The molecule has 0 aliphatic heterocycles. The first kappa shape index (κ1) is 32.8. The van der Waals surface area contributed by atoms with Crippen molar-refractivity contribution in [3.63, 3.8) is 0 Å². The van der Waals surface area contributed by atoms with Crippen LogP contribution in [0.5, 0.6) is 17.2 Å². The number of carboxylic acids is 1. The second kappa shape index (κ2) is 15.1. The average molecular weight is 649 g/mol. The molecule has 5 aromatic carbocycles. The van der Waals surface area contributed by atoms with E-state index in [0.29, 0.717) is 22.6 Å². The van der Waals surface area contributed by atoms with Crippen LogP contribution in [0.4, 0.5) is 5.69 Å². The molecule has 5 aromatic rings. The number of amides is 2. The van der Waals surface area contributed by atoms with Crippen LogP contribution in [0.3, 0.4) is 0 Å². The van der Waals surface area contributed by atoms with Crippen molar-refractivity contribution in [2.45, 2.75) is 32.4 Å². The van der Waals surface area contributed by atoms with E-state index in [1.54, 1.807) is 24.3 Å². The zero-order valence-corrected chi connectivity index (χ0v) is 26.5. The third-order valence-electron chi connectivity index (χ3n) is 7.13. The highest BCUT2D eigenvalue weighted by molar-refractivity contribution is 6.31. The van der Waals surface area contributed by atoms with Gasteiger partial charge >= 0.3 is 5.97 Å². The second-order valence-corrected chi connectivity index (χ2v) is 11.4. The predicted octanol–water partition coefficient (Wildman–Crippen LogP) is 8.26. The number of aliphatic carboxylic acids is 1. The van der Waals surface area contributed by atoms with Crippen molar-refractivity contribution in [1.29, 1.82) is 0 Å². The molecule has 0 bridgehead atoms. The number of benzene rings is 5. The fraction of sp³-hybridized carbons (Fsp3) is 0.132. The molecule has 5 rings (SSSR count). The number of carboxylic acid groups (broad SMARTS) is 1. The van der Waals surface area contributed by atoms with Gasteiger partial charge in [-0.25, -0.2) is 4.79 Å². The molecule has 0 unspecified atom stereocenters. The van der Waals surface area contributed by atoms with Gasteiger partial charge in [0.2, 0.25) is 0 Å². The Labute approximate surface area is 277 Å². The van der Waals surface area contributed by atoms with E-state index in [9.17, 15) is 19.5 Å². The zero-order chi connectivity index (χ0) is 33.3. The van der Waals surface area contributed by atoms with E-state index in [-0.39, 0.29) is 28.8 Å². The Morgan fingerprint density at radius 2 is 1.43 bits per heavy atom. The maximum atomic E-state index is 13.4. The van der Waals surface area contributed by atoms with Gasteiger partial charge in [-0.2, -0.15) is 0 Å². The maximum Gasteiger partial charge on any atom is 0.326 e. The summed E-state index contributed by atoms with van der Waals surface area (Å²) in [6.07, 6.45) is 0.0426. The number of nitrogens with one attached hydrogen (secondary N) is 2. The van der Waals surface area contributed by atoms with Crippen LogP contribution >= 0.6 is 11.6 Å². The summed E-state index contributed by atoms with van der Waals surface area (Å²) in [6, 6.07) is 34.1. The molecule has 0 radical (unpaired) electrons. The Balaban J connectivity index is 1.27. The maximum absolute atomic E-state index is 13.4. The first-order valence-electron chi connectivity index (χ1n) is 15.0. The Bertz CT molecular complexity index is 1860. The summed E-state index contributed by atoms with van der Waals surface area (Å²) in [5.41, 5.74) is 3.08. The van der Waals surface area contributed by atoms with Crippen LogP contribution in [0.2, 0.25) is 5.02 Å². The predicted molar refractivity (Wildman–Crippen MR) is 183 cm³/mol. The molecule has 238 valence electrons. The van der Waals surface area contributed by atoms with Gasteiger partial charge in [-0.15, -0.1) is 0 Å². The third kappa shape index (κ3) is 8.77. The zero-order valence-electron chi connectivity index (χ0n) is 25.8. The first-order chi connectivity index (χ1) is 22.7. The molecule has 47 heavy (non-hydrogen) atoms. The van der Waals surface area contributed by atoms with Gasteiger partial charge in [-0.05, 0) is 85.6 Å². The molecule has 0 aliphatic rings. The molecule has 0 saturated carbocycles. The number of anilines is 1. The van der Waals surface area contributed by atoms with Crippen molar-refractivity contribution in [3.05, 3.63) is 143 Å². The van der Waals surface area contributed by atoms with Gasteiger partial charge in [0.25, 0.3) is 11.8 Å². The fourth-order valence-electron chi connectivity index (χ4n) is 4.86. The van der Waals surface area contributed by atoms with Crippen LogP contribution in [-0.2, 0) is 11.2 Å². The SMILES string of the molecule is CC(C)Oc1ccccc1-c1ccc(C[C@H](NC(=O)c2cc(Cl)ccc2NC(=O)c2ccc(Oc3ccccc3)cc2)C(=O)O)cc1. The highest BCUT2D eigenvalue weighted by Gasteiger charge is 2.24. The van der Waals surface area contributed by atoms with Crippen LogP contribution in [-0.4, -0.2) is 35.0 Å². The molecule has 8 nitrogen and oxygen atoms in total. The van der Waals surface area contributed by atoms with Crippen LogP contribution < -0.4 is 20.1 Å². The monoisotopic (exact) mass is 648 g/mol. The van der Waals surface area contributed by atoms with Gasteiger partial charge in [0.15, 0.2) is 0 Å². The van der Waals surface area contributed by atoms with Crippen molar-refractivity contribution in [3.8, 4) is 28.4 Å². The lowest BCUT2D eigenvalue weighted by Crippen LogP contribution is -2.42. The van der Waals surface area contributed by atoms with Gasteiger partial charge in [0.05, 0.1) is 17.4 Å². The van der Waals surface area contributed by atoms with Crippen LogP contribution in [0.15, 0.2) is 121 Å². The molecule has 0 aromatic heterocycles. The standard InChI is InChI=1S/C38H33ClN2O6/c1-24(2)46-35-11-7-6-10-31(35)26-14-12-25(13-15-26)22-34(38(44)45)41-37(43)32-23-28(39)18-21-33(32)40-36(42)27-16-19-30(20-17-27)47-29-8-4-3-5-9-29/h3-21,23-24,34H,22H2,1-2H3,(H,40,42)(H,41,43)(H,44,45)/t34-/m0/s1. The Morgan fingerprint density at radius 1 is 0.766 bits per heavy atom. The van der Waals surface area contributed by atoms with E-state index >= 15 is 0 Å². The number of carbonyl (C=O) groups is 3. The highest BCUT2D eigenvalue weighted by atomic mass is 35.5. The van der Waals surface area contributed by atoms with Gasteiger partial charge in [-0.3, -0.25) is 9.59 Å². The van der Waals surface area contributed by atoms with Crippen molar-refractivity contribution >= 4 is 35.1 Å². The molecule has 9 heteroatoms. The lowest BCUT2D eigenvalue weighted by atomic mass is 9.99. The molecule has 0 heterocycles. The van der Waals surface area contributed by atoms with Crippen molar-refractivity contribution < 1.29 is 29.0 Å². The van der Waals surface area contributed by atoms with E-state index < -0.39 is 23.8 Å². The van der Waals surface area contributed by atoms with E-state index in [1.165, 1.54) is 18.2 Å². The highest BCUT2D eigenvalue weighted by Crippen LogP contribution is 2.31. The van der Waals surface area contributed by atoms with Crippen LogP contribution in [0, 0.1) is 0 Å². The number of carbonyl (C=O) groups excluding carboxylic acids is 2. The quantitative estimate of drug-likeness (QED) is 0.125. The minimum absolute atomic E-state index is 0.00973. The van der Waals surface area contributed by atoms with Gasteiger partial charge < -0.3 is 25.2 Å². The first-order valence-corrected chi connectivity index (χ1v) is 15.4. The number of halogens is 1. The largest absolute Gasteiger partial charge is 0.490 e. The molecule has 2 amide bonds. The number of hydrogen-bond acceptors (Lipinski definition) is 5. The summed E-state index contributed by atoms with van der Waals surface area (Å²) in [4.78, 5) is 38.7. The fourth-order valence-corrected chi connectivity index (χ4v) is 5.03. The molecule has 0 aliphatic carbocycles. The summed E-state index contributed by atoms with van der Waals surface area (Å²) < 4.78 is 11.7. The third-order valence-corrected chi connectivity index (χ3v) is 7.36. The summed E-state index contributed by atoms with van der Waals surface area (Å²) >= 11 is 6.20. The minimum atomic E-state index is -1.25. The normalized spacial score (nSPS) is 11.4. The van der Waals surface area contributed by atoms with E-state index in [1.807, 2.05) is 92.7 Å². The summed E-state index contributed by atoms with van der Waals surface area (Å²) in [5.74, 6) is -0.399. The van der Waals surface area contributed by atoms with Gasteiger partial charge in [0.1, 0.15) is 23.3 Å². The number of para-hydroxylation sites is 2. The Kier molecular flexibility index (Phi) is 10.5. The van der Waals surface area contributed by atoms with E-state index in [0.717, 1.165) is 16.9 Å². The molecule has 1 atom stereocenters. The summed E-state index contributed by atoms with van der Waals surface area (Å²) in [7, 11) is 0. The van der Waals surface area contributed by atoms with Gasteiger partial charge in [0, 0.05) is 22.6 Å². The topological polar surface area (TPSA) is 114 Å². The van der Waals surface area contributed by atoms with Crippen molar-refractivity contribution in [2.24, 2.45) is 0 Å². The lowest BCUT2D eigenvalue weighted by molar-refractivity contribution is -0.139. The molecule has 0 fully saturated rings. The Morgan fingerprint density at radius 3 is 2.11 bits per heavy atom. The minimum Gasteiger partial charge on any atom is -0.490 e. The molecule has 0 saturated heterocycles. The smallest absolute Gasteiger partial charge is 0.326 e. The molecular formula is C38H33ClN2O6. The Hall–Kier alpha value is -5.60. The molecule has 0 spiro atoms.